The molecule has 1 aromatic carbocycles. The molecule has 1 aromatic heterocycles. The van der Waals surface area contributed by atoms with Gasteiger partial charge in [0.25, 0.3) is 0 Å². The summed E-state index contributed by atoms with van der Waals surface area (Å²) in [4.78, 5) is 23.4. The molecule has 1 fully saturated rings. The number of hydrogen-bond donors (Lipinski definition) is 3. The van der Waals surface area contributed by atoms with E-state index in [1.54, 1.807) is 6.20 Å². The van der Waals surface area contributed by atoms with Gasteiger partial charge < -0.3 is 16.0 Å². The average Bonchev–Trinajstić information content (AvgIpc) is 3.24. The highest BCUT2D eigenvalue weighted by Crippen LogP contribution is 2.18. The maximum atomic E-state index is 11.8. The van der Waals surface area contributed by atoms with Crippen molar-refractivity contribution in [1.29, 1.82) is 0 Å². The maximum absolute atomic E-state index is 11.8. The Morgan fingerprint density at radius 3 is 2.62 bits per heavy atom. The normalized spacial score (nSPS) is 13.3. The van der Waals surface area contributed by atoms with Gasteiger partial charge in [-0.2, -0.15) is 5.10 Å². The quantitative estimate of drug-likeness (QED) is 0.709. The molecule has 0 aliphatic heterocycles. The average molecular weight is 327 g/mol. The van der Waals surface area contributed by atoms with E-state index in [1.807, 2.05) is 41.2 Å². The van der Waals surface area contributed by atoms with Crippen LogP contribution in [0.3, 0.4) is 0 Å². The summed E-state index contributed by atoms with van der Waals surface area (Å²) in [6.45, 7) is 1.04. The highest BCUT2D eigenvalue weighted by Gasteiger charge is 2.23. The van der Waals surface area contributed by atoms with E-state index in [9.17, 15) is 9.59 Å². The molecule has 24 heavy (non-hydrogen) atoms. The first-order valence-electron chi connectivity index (χ1n) is 8.06. The lowest BCUT2D eigenvalue weighted by Gasteiger charge is -2.12. The zero-order chi connectivity index (χ0) is 16.8. The van der Waals surface area contributed by atoms with Crippen molar-refractivity contribution >= 4 is 11.9 Å². The van der Waals surface area contributed by atoms with Crippen LogP contribution in [0.15, 0.2) is 42.7 Å². The predicted molar refractivity (Wildman–Crippen MR) is 89.2 cm³/mol. The molecule has 1 heterocycles. The van der Waals surface area contributed by atoms with Crippen molar-refractivity contribution in [3.8, 4) is 0 Å². The number of nitrogens with one attached hydrogen (secondary N) is 3. The zero-order valence-corrected chi connectivity index (χ0v) is 13.4. The zero-order valence-electron chi connectivity index (χ0n) is 13.4. The molecular weight excluding hydrogens is 306 g/mol. The second-order valence-electron chi connectivity index (χ2n) is 5.85. The number of benzene rings is 1. The Labute approximate surface area is 140 Å². The SMILES string of the molecule is O=C(CNC(=O)NCc1ccccc1Cn1cccn1)NC1CC1. The number of amides is 3. The van der Waals surface area contributed by atoms with E-state index in [-0.39, 0.29) is 18.5 Å². The number of nitrogens with zero attached hydrogens (tertiary/aromatic N) is 2. The molecule has 0 atom stereocenters. The van der Waals surface area contributed by atoms with Gasteiger partial charge in [0.2, 0.25) is 5.91 Å². The van der Waals surface area contributed by atoms with Gasteiger partial charge in [-0.25, -0.2) is 4.79 Å². The van der Waals surface area contributed by atoms with Gasteiger partial charge in [0.1, 0.15) is 0 Å². The summed E-state index contributed by atoms with van der Waals surface area (Å²) in [5, 5.41) is 12.4. The fraction of sp³-hybridized carbons (Fsp3) is 0.353. The van der Waals surface area contributed by atoms with Crippen LogP contribution in [0.1, 0.15) is 24.0 Å². The van der Waals surface area contributed by atoms with E-state index in [2.05, 4.69) is 21.0 Å². The van der Waals surface area contributed by atoms with Crippen LogP contribution in [0.25, 0.3) is 0 Å². The molecule has 3 amide bonds. The summed E-state index contributed by atoms with van der Waals surface area (Å²) >= 11 is 0. The molecule has 0 saturated heterocycles. The highest BCUT2D eigenvalue weighted by atomic mass is 16.2. The van der Waals surface area contributed by atoms with Crippen molar-refractivity contribution in [1.82, 2.24) is 25.7 Å². The summed E-state index contributed by atoms with van der Waals surface area (Å²) in [7, 11) is 0. The predicted octanol–water partition coefficient (Wildman–Crippen LogP) is 1.01. The Kier molecular flexibility index (Phi) is 5.10. The van der Waals surface area contributed by atoms with Crippen molar-refractivity contribution in [2.75, 3.05) is 6.54 Å². The minimum absolute atomic E-state index is 0.00271. The van der Waals surface area contributed by atoms with Crippen LogP contribution in [-0.2, 0) is 17.9 Å². The molecule has 2 aromatic rings. The first-order chi connectivity index (χ1) is 11.7. The van der Waals surface area contributed by atoms with Crippen LogP contribution in [-0.4, -0.2) is 34.3 Å². The second-order valence-corrected chi connectivity index (χ2v) is 5.85. The molecule has 0 bridgehead atoms. The summed E-state index contributed by atoms with van der Waals surface area (Å²) in [6, 6.07) is 9.71. The Hall–Kier alpha value is -2.83. The van der Waals surface area contributed by atoms with Gasteiger partial charge in [-0.15, -0.1) is 0 Å². The fourth-order valence-electron chi connectivity index (χ4n) is 2.36. The van der Waals surface area contributed by atoms with E-state index >= 15 is 0 Å². The third-order valence-electron chi connectivity index (χ3n) is 3.80. The summed E-state index contributed by atoms with van der Waals surface area (Å²) in [6.07, 6.45) is 5.70. The highest BCUT2D eigenvalue weighted by molar-refractivity contribution is 5.84. The number of urea groups is 1. The van der Waals surface area contributed by atoms with Crippen LogP contribution in [0, 0.1) is 0 Å². The molecule has 3 rings (SSSR count). The minimum Gasteiger partial charge on any atom is -0.352 e. The monoisotopic (exact) mass is 327 g/mol. The molecule has 0 radical (unpaired) electrons. The van der Waals surface area contributed by atoms with E-state index in [1.165, 1.54) is 0 Å². The van der Waals surface area contributed by atoms with Crippen molar-refractivity contribution in [3.63, 3.8) is 0 Å². The summed E-state index contributed by atoms with van der Waals surface area (Å²) in [5.74, 6) is -0.147. The Balaban J connectivity index is 1.46. The van der Waals surface area contributed by atoms with Gasteiger partial charge in [0.15, 0.2) is 0 Å². The largest absolute Gasteiger partial charge is 0.352 e. The van der Waals surface area contributed by atoms with Crippen molar-refractivity contribution < 1.29 is 9.59 Å². The lowest BCUT2D eigenvalue weighted by atomic mass is 10.1. The summed E-state index contributed by atoms with van der Waals surface area (Å²) < 4.78 is 1.83. The first-order valence-corrected chi connectivity index (χ1v) is 8.06. The van der Waals surface area contributed by atoms with Gasteiger partial charge in [-0.1, -0.05) is 24.3 Å². The Morgan fingerprint density at radius 1 is 1.12 bits per heavy atom. The number of rotatable bonds is 7. The number of carbonyl (C=O) groups excluding carboxylic acids is 2. The molecule has 1 aliphatic rings. The van der Waals surface area contributed by atoms with Crippen molar-refractivity contribution in [3.05, 3.63) is 53.9 Å². The second kappa shape index (κ2) is 7.63. The minimum atomic E-state index is -0.352. The van der Waals surface area contributed by atoms with E-state index < -0.39 is 0 Å². The number of carbonyl (C=O) groups is 2. The standard InChI is InChI=1S/C17H21N5O2/c23-16(21-15-6-7-15)11-19-17(24)18-10-13-4-1-2-5-14(13)12-22-9-3-8-20-22/h1-5,8-9,15H,6-7,10-12H2,(H,21,23)(H2,18,19,24). The van der Waals surface area contributed by atoms with Crippen LogP contribution in [0.5, 0.6) is 0 Å². The number of aromatic nitrogens is 2. The first kappa shape index (κ1) is 16.0. The maximum Gasteiger partial charge on any atom is 0.315 e. The van der Waals surface area contributed by atoms with E-state index in [0.29, 0.717) is 19.1 Å². The molecule has 1 saturated carbocycles. The molecule has 7 nitrogen and oxygen atoms in total. The van der Waals surface area contributed by atoms with Crippen molar-refractivity contribution in [2.24, 2.45) is 0 Å². The van der Waals surface area contributed by atoms with Crippen LogP contribution in [0.2, 0.25) is 0 Å². The summed E-state index contributed by atoms with van der Waals surface area (Å²) in [5.41, 5.74) is 2.11. The molecule has 1 aliphatic carbocycles. The van der Waals surface area contributed by atoms with E-state index in [0.717, 1.165) is 24.0 Å². The lowest BCUT2D eigenvalue weighted by molar-refractivity contribution is -0.120. The third-order valence-corrected chi connectivity index (χ3v) is 3.80. The van der Waals surface area contributed by atoms with Gasteiger partial charge >= 0.3 is 6.03 Å². The third kappa shape index (κ3) is 4.84. The van der Waals surface area contributed by atoms with Gasteiger partial charge in [0, 0.05) is 25.0 Å². The Bertz CT molecular complexity index is 695. The molecular formula is C17H21N5O2. The smallest absolute Gasteiger partial charge is 0.315 e. The van der Waals surface area contributed by atoms with Crippen LogP contribution >= 0.6 is 0 Å². The lowest BCUT2D eigenvalue weighted by Crippen LogP contribution is -2.42. The number of hydrogen-bond acceptors (Lipinski definition) is 3. The molecule has 7 heteroatoms. The molecule has 0 spiro atoms. The molecule has 3 N–H and O–H groups in total. The molecule has 126 valence electrons. The fourth-order valence-corrected chi connectivity index (χ4v) is 2.36. The van der Waals surface area contributed by atoms with Crippen LogP contribution in [0.4, 0.5) is 4.79 Å². The van der Waals surface area contributed by atoms with Crippen molar-refractivity contribution in [2.45, 2.75) is 32.0 Å². The van der Waals surface area contributed by atoms with Gasteiger partial charge in [-0.05, 0) is 30.0 Å². The van der Waals surface area contributed by atoms with Crippen LogP contribution < -0.4 is 16.0 Å². The Morgan fingerprint density at radius 2 is 1.92 bits per heavy atom. The molecule has 0 unspecified atom stereocenters. The van der Waals surface area contributed by atoms with Gasteiger partial charge in [-0.3, -0.25) is 9.48 Å². The topological polar surface area (TPSA) is 88.1 Å². The van der Waals surface area contributed by atoms with E-state index in [4.69, 9.17) is 0 Å². The van der Waals surface area contributed by atoms with Gasteiger partial charge in [0.05, 0.1) is 13.1 Å².